The maximum absolute atomic E-state index is 6.26. The van der Waals surface area contributed by atoms with Crippen molar-refractivity contribution in [3.63, 3.8) is 0 Å². The summed E-state index contributed by atoms with van der Waals surface area (Å²) in [6.45, 7) is 7.79. The molecule has 2 unspecified atom stereocenters. The van der Waals surface area contributed by atoms with Crippen LogP contribution < -0.4 is 5.73 Å². The average Bonchev–Trinajstić information content (AvgIpc) is 3.03. The SMILES string of the molecule is CCCN(C1CC1)C(c1sccc1C)C(C)N. The van der Waals surface area contributed by atoms with Crippen molar-refractivity contribution in [2.24, 2.45) is 5.73 Å². The van der Waals surface area contributed by atoms with Crippen LogP contribution in [0.4, 0.5) is 0 Å². The van der Waals surface area contributed by atoms with Gasteiger partial charge in [0.2, 0.25) is 0 Å². The second kappa shape index (κ2) is 5.51. The molecule has 0 saturated heterocycles. The van der Waals surface area contributed by atoms with Crippen molar-refractivity contribution in [1.29, 1.82) is 0 Å². The summed E-state index contributed by atoms with van der Waals surface area (Å²) in [6.07, 6.45) is 3.92. The van der Waals surface area contributed by atoms with E-state index in [-0.39, 0.29) is 6.04 Å². The molecule has 2 nitrogen and oxygen atoms in total. The molecular formula is C14H24N2S. The summed E-state index contributed by atoms with van der Waals surface area (Å²) >= 11 is 1.86. The molecule has 3 heteroatoms. The van der Waals surface area contributed by atoms with Crippen molar-refractivity contribution in [1.82, 2.24) is 4.90 Å². The van der Waals surface area contributed by atoms with Crippen LogP contribution in [-0.4, -0.2) is 23.5 Å². The first-order chi connectivity index (χ1) is 8.15. The minimum atomic E-state index is 0.208. The highest BCUT2D eigenvalue weighted by atomic mass is 32.1. The topological polar surface area (TPSA) is 29.3 Å². The number of nitrogens with two attached hydrogens (primary N) is 1. The third-order valence-electron chi connectivity index (χ3n) is 3.52. The normalized spacial score (nSPS) is 19.6. The fraction of sp³-hybridized carbons (Fsp3) is 0.714. The summed E-state index contributed by atoms with van der Waals surface area (Å²) in [5.74, 6) is 0. The summed E-state index contributed by atoms with van der Waals surface area (Å²) in [5.41, 5.74) is 7.66. The lowest BCUT2D eigenvalue weighted by Gasteiger charge is -2.34. The largest absolute Gasteiger partial charge is 0.326 e. The number of aryl methyl sites for hydroxylation is 1. The average molecular weight is 252 g/mol. The molecule has 1 saturated carbocycles. The fourth-order valence-corrected chi connectivity index (χ4v) is 3.75. The lowest BCUT2D eigenvalue weighted by molar-refractivity contribution is 0.169. The van der Waals surface area contributed by atoms with E-state index < -0.39 is 0 Å². The molecule has 0 aromatic carbocycles. The molecule has 1 aromatic heterocycles. The highest BCUT2D eigenvalue weighted by Gasteiger charge is 2.36. The van der Waals surface area contributed by atoms with Crippen molar-refractivity contribution in [3.8, 4) is 0 Å². The van der Waals surface area contributed by atoms with Gasteiger partial charge in [-0.1, -0.05) is 6.92 Å². The Kier molecular flexibility index (Phi) is 4.23. The fourth-order valence-electron chi connectivity index (χ4n) is 2.59. The van der Waals surface area contributed by atoms with E-state index in [2.05, 4.69) is 37.1 Å². The molecule has 1 aliphatic carbocycles. The van der Waals surface area contributed by atoms with Gasteiger partial charge in [-0.3, -0.25) is 4.90 Å². The maximum atomic E-state index is 6.26. The lowest BCUT2D eigenvalue weighted by Crippen LogP contribution is -2.41. The first kappa shape index (κ1) is 13.1. The van der Waals surface area contributed by atoms with E-state index >= 15 is 0 Å². The summed E-state index contributed by atoms with van der Waals surface area (Å²) in [6, 6.07) is 3.63. The minimum Gasteiger partial charge on any atom is -0.326 e. The predicted octanol–water partition coefficient (Wildman–Crippen LogP) is 3.32. The first-order valence-electron chi connectivity index (χ1n) is 6.70. The van der Waals surface area contributed by atoms with Crippen LogP contribution in [0, 0.1) is 6.92 Å². The van der Waals surface area contributed by atoms with Crippen molar-refractivity contribution in [3.05, 3.63) is 21.9 Å². The van der Waals surface area contributed by atoms with Crippen LogP contribution in [0.2, 0.25) is 0 Å². The molecule has 17 heavy (non-hydrogen) atoms. The Labute approximate surface area is 109 Å². The highest BCUT2D eigenvalue weighted by molar-refractivity contribution is 7.10. The standard InChI is InChI=1S/C14H24N2S/c1-4-8-16(12-5-6-12)13(11(3)15)14-10(2)7-9-17-14/h7,9,11-13H,4-6,8,15H2,1-3H3. The van der Waals surface area contributed by atoms with Crippen LogP contribution in [0.15, 0.2) is 11.4 Å². The monoisotopic (exact) mass is 252 g/mol. The summed E-state index contributed by atoms with van der Waals surface area (Å²) in [7, 11) is 0. The number of hydrogen-bond acceptors (Lipinski definition) is 3. The molecule has 0 bridgehead atoms. The zero-order chi connectivity index (χ0) is 12.4. The molecule has 1 fully saturated rings. The smallest absolute Gasteiger partial charge is 0.0595 e. The van der Waals surface area contributed by atoms with Crippen LogP contribution in [0.1, 0.15) is 49.6 Å². The number of thiophene rings is 1. The van der Waals surface area contributed by atoms with Crippen molar-refractivity contribution in [2.45, 2.75) is 58.2 Å². The van der Waals surface area contributed by atoms with Crippen molar-refractivity contribution < 1.29 is 0 Å². The van der Waals surface area contributed by atoms with Gasteiger partial charge in [0.1, 0.15) is 0 Å². The molecule has 1 heterocycles. The molecule has 2 N–H and O–H groups in total. The Balaban J connectivity index is 2.23. The van der Waals surface area contributed by atoms with Gasteiger partial charge in [-0.25, -0.2) is 0 Å². The number of nitrogens with zero attached hydrogens (tertiary/aromatic N) is 1. The van der Waals surface area contributed by atoms with Gasteiger partial charge in [0.15, 0.2) is 0 Å². The van der Waals surface area contributed by atoms with Gasteiger partial charge in [-0.15, -0.1) is 11.3 Å². The van der Waals surface area contributed by atoms with Gasteiger partial charge in [0.25, 0.3) is 0 Å². The van der Waals surface area contributed by atoms with Crippen LogP contribution in [-0.2, 0) is 0 Å². The van der Waals surface area contributed by atoms with Crippen LogP contribution >= 0.6 is 11.3 Å². The molecule has 0 spiro atoms. The Morgan fingerprint density at radius 3 is 2.65 bits per heavy atom. The zero-order valence-electron chi connectivity index (χ0n) is 11.1. The first-order valence-corrected chi connectivity index (χ1v) is 7.58. The third-order valence-corrected chi connectivity index (χ3v) is 4.61. The molecule has 2 atom stereocenters. The van der Waals surface area contributed by atoms with Crippen molar-refractivity contribution >= 4 is 11.3 Å². The molecule has 0 aliphatic heterocycles. The molecule has 96 valence electrons. The summed E-state index contributed by atoms with van der Waals surface area (Å²) in [5, 5.41) is 2.19. The minimum absolute atomic E-state index is 0.208. The van der Waals surface area contributed by atoms with Gasteiger partial charge in [-0.05, 0) is 56.7 Å². The highest BCUT2D eigenvalue weighted by Crippen LogP contribution is 2.38. The molecular weight excluding hydrogens is 228 g/mol. The predicted molar refractivity (Wildman–Crippen MR) is 75.5 cm³/mol. The van der Waals surface area contributed by atoms with Crippen LogP contribution in [0.25, 0.3) is 0 Å². The molecule has 0 amide bonds. The van der Waals surface area contributed by atoms with E-state index in [0.29, 0.717) is 6.04 Å². The summed E-state index contributed by atoms with van der Waals surface area (Å²) in [4.78, 5) is 4.11. The number of hydrogen-bond donors (Lipinski definition) is 1. The van der Waals surface area contributed by atoms with E-state index in [1.165, 1.54) is 36.2 Å². The second-order valence-corrected chi connectivity index (χ2v) is 6.19. The quantitative estimate of drug-likeness (QED) is 0.841. The van der Waals surface area contributed by atoms with Gasteiger partial charge < -0.3 is 5.73 Å². The summed E-state index contributed by atoms with van der Waals surface area (Å²) < 4.78 is 0. The Bertz CT molecular complexity index is 355. The Hall–Kier alpha value is -0.380. The van der Waals surface area contributed by atoms with E-state index in [4.69, 9.17) is 5.73 Å². The van der Waals surface area contributed by atoms with Gasteiger partial charge in [-0.2, -0.15) is 0 Å². The zero-order valence-corrected chi connectivity index (χ0v) is 12.0. The molecule has 1 aromatic rings. The van der Waals surface area contributed by atoms with Crippen LogP contribution in [0.3, 0.4) is 0 Å². The van der Waals surface area contributed by atoms with Gasteiger partial charge in [0, 0.05) is 17.0 Å². The van der Waals surface area contributed by atoms with Crippen molar-refractivity contribution in [2.75, 3.05) is 6.54 Å². The van der Waals surface area contributed by atoms with Crippen LogP contribution in [0.5, 0.6) is 0 Å². The molecule has 1 aliphatic rings. The Morgan fingerprint density at radius 1 is 1.53 bits per heavy atom. The third kappa shape index (κ3) is 2.90. The second-order valence-electron chi connectivity index (χ2n) is 5.24. The lowest BCUT2D eigenvalue weighted by atomic mass is 10.0. The van der Waals surface area contributed by atoms with E-state index in [1.54, 1.807) is 0 Å². The van der Waals surface area contributed by atoms with Gasteiger partial charge >= 0.3 is 0 Å². The van der Waals surface area contributed by atoms with Gasteiger partial charge in [0.05, 0.1) is 6.04 Å². The maximum Gasteiger partial charge on any atom is 0.0595 e. The molecule has 0 radical (unpaired) electrons. The number of rotatable bonds is 6. The van der Waals surface area contributed by atoms with E-state index in [1.807, 2.05) is 11.3 Å². The Morgan fingerprint density at radius 2 is 2.24 bits per heavy atom. The molecule has 2 rings (SSSR count). The van der Waals surface area contributed by atoms with E-state index in [0.717, 1.165) is 6.04 Å². The van der Waals surface area contributed by atoms with E-state index in [9.17, 15) is 0 Å².